The SMILES string of the molecule is CCN(CC)C(=O)c1ccc2c(c1)C[C@H](C)N2S(=O)(=O)c1ccc(Cl)cc1. The minimum absolute atomic E-state index is 0.0329. The number of amides is 1. The van der Waals surface area contributed by atoms with Crippen molar-refractivity contribution >= 4 is 33.2 Å². The van der Waals surface area contributed by atoms with E-state index in [0.717, 1.165) is 5.56 Å². The van der Waals surface area contributed by atoms with Crippen molar-refractivity contribution in [3.8, 4) is 0 Å². The first-order valence-electron chi connectivity index (χ1n) is 9.01. The lowest BCUT2D eigenvalue weighted by molar-refractivity contribution is 0.0773. The van der Waals surface area contributed by atoms with E-state index in [4.69, 9.17) is 11.6 Å². The highest BCUT2D eigenvalue weighted by Crippen LogP contribution is 2.37. The number of carbonyl (C=O) groups excluding carboxylic acids is 1. The van der Waals surface area contributed by atoms with E-state index in [1.165, 1.54) is 16.4 Å². The van der Waals surface area contributed by atoms with Crippen molar-refractivity contribution in [3.05, 3.63) is 58.6 Å². The number of anilines is 1. The quantitative estimate of drug-likeness (QED) is 0.755. The molecule has 1 atom stereocenters. The van der Waals surface area contributed by atoms with Gasteiger partial charge in [-0.3, -0.25) is 9.10 Å². The molecule has 0 N–H and O–H groups in total. The van der Waals surface area contributed by atoms with Crippen LogP contribution in [0.15, 0.2) is 47.4 Å². The number of nitrogens with zero attached hydrogens (tertiary/aromatic N) is 2. The van der Waals surface area contributed by atoms with Crippen molar-refractivity contribution in [2.24, 2.45) is 0 Å². The molecule has 144 valence electrons. The van der Waals surface area contributed by atoms with E-state index in [0.29, 0.717) is 35.8 Å². The fourth-order valence-electron chi connectivity index (χ4n) is 3.52. The van der Waals surface area contributed by atoms with Gasteiger partial charge in [-0.2, -0.15) is 0 Å². The molecule has 27 heavy (non-hydrogen) atoms. The Balaban J connectivity index is 1.99. The van der Waals surface area contributed by atoms with Crippen LogP contribution < -0.4 is 4.31 Å². The number of hydrogen-bond donors (Lipinski definition) is 0. The summed E-state index contributed by atoms with van der Waals surface area (Å²) >= 11 is 5.88. The molecule has 0 fully saturated rings. The largest absolute Gasteiger partial charge is 0.339 e. The fraction of sp³-hybridized carbons (Fsp3) is 0.350. The lowest BCUT2D eigenvalue weighted by Crippen LogP contribution is -2.35. The van der Waals surface area contributed by atoms with Gasteiger partial charge in [-0.15, -0.1) is 0 Å². The molecule has 3 rings (SSSR count). The summed E-state index contributed by atoms with van der Waals surface area (Å²) in [6.07, 6.45) is 0.571. The van der Waals surface area contributed by atoms with E-state index in [9.17, 15) is 13.2 Å². The Morgan fingerprint density at radius 1 is 1.15 bits per heavy atom. The van der Waals surface area contributed by atoms with Gasteiger partial charge >= 0.3 is 0 Å². The minimum atomic E-state index is -3.70. The normalized spacial score (nSPS) is 16.3. The van der Waals surface area contributed by atoms with Gasteiger partial charge in [-0.05, 0) is 75.2 Å². The second-order valence-corrected chi connectivity index (χ2v) is 8.88. The van der Waals surface area contributed by atoms with Crippen LogP contribution in [-0.4, -0.2) is 38.4 Å². The Kier molecular flexibility index (Phi) is 5.49. The molecule has 1 aliphatic rings. The zero-order valence-electron chi connectivity index (χ0n) is 15.6. The molecule has 1 amide bonds. The molecule has 1 heterocycles. The molecular formula is C20H23ClN2O3S. The topological polar surface area (TPSA) is 57.7 Å². The van der Waals surface area contributed by atoms with Gasteiger partial charge in [-0.25, -0.2) is 8.42 Å². The summed E-state index contributed by atoms with van der Waals surface area (Å²) in [5.74, 6) is -0.0329. The molecule has 0 spiro atoms. The van der Waals surface area contributed by atoms with E-state index in [2.05, 4.69) is 0 Å². The van der Waals surface area contributed by atoms with Gasteiger partial charge in [0.25, 0.3) is 15.9 Å². The summed E-state index contributed by atoms with van der Waals surface area (Å²) in [6, 6.07) is 11.2. The van der Waals surface area contributed by atoms with E-state index in [1.807, 2.05) is 26.8 Å². The van der Waals surface area contributed by atoms with Gasteiger partial charge in [0.1, 0.15) is 0 Å². The smallest absolute Gasteiger partial charge is 0.264 e. The van der Waals surface area contributed by atoms with Crippen molar-refractivity contribution in [2.45, 2.75) is 38.1 Å². The zero-order valence-corrected chi connectivity index (χ0v) is 17.2. The number of rotatable bonds is 5. The highest BCUT2D eigenvalue weighted by Gasteiger charge is 2.36. The van der Waals surface area contributed by atoms with Crippen LogP contribution in [0.3, 0.4) is 0 Å². The number of hydrogen-bond acceptors (Lipinski definition) is 3. The van der Waals surface area contributed by atoms with Crippen LogP contribution in [-0.2, 0) is 16.4 Å². The summed E-state index contributed by atoms with van der Waals surface area (Å²) in [5, 5.41) is 0.489. The van der Waals surface area contributed by atoms with Crippen molar-refractivity contribution < 1.29 is 13.2 Å². The number of halogens is 1. The van der Waals surface area contributed by atoms with Gasteiger partial charge in [0.15, 0.2) is 0 Å². The van der Waals surface area contributed by atoms with Crippen molar-refractivity contribution in [1.82, 2.24) is 4.90 Å². The average Bonchev–Trinajstić information content (AvgIpc) is 2.98. The van der Waals surface area contributed by atoms with Gasteiger partial charge in [0.2, 0.25) is 0 Å². The first-order chi connectivity index (χ1) is 12.8. The molecule has 0 radical (unpaired) electrons. The highest BCUT2D eigenvalue weighted by molar-refractivity contribution is 7.92. The Morgan fingerprint density at radius 3 is 2.37 bits per heavy atom. The average molecular weight is 407 g/mol. The summed E-state index contributed by atoms with van der Waals surface area (Å²) in [7, 11) is -3.70. The predicted molar refractivity (Wildman–Crippen MR) is 108 cm³/mol. The lowest BCUT2D eigenvalue weighted by Gasteiger charge is -2.24. The molecule has 0 aromatic heterocycles. The molecule has 1 aliphatic heterocycles. The van der Waals surface area contributed by atoms with Gasteiger partial charge in [-0.1, -0.05) is 11.6 Å². The second-order valence-electron chi connectivity index (χ2n) is 6.63. The van der Waals surface area contributed by atoms with Crippen molar-refractivity contribution in [3.63, 3.8) is 0 Å². The highest BCUT2D eigenvalue weighted by atomic mass is 35.5. The van der Waals surface area contributed by atoms with Gasteiger partial charge in [0, 0.05) is 29.7 Å². The monoisotopic (exact) mass is 406 g/mol. The molecular weight excluding hydrogens is 384 g/mol. The molecule has 2 aromatic rings. The Bertz CT molecular complexity index is 954. The Labute approximate surface area is 165 Å². The molecule has 0 saturated carbocycles. The van der Waals surface area contributed by atoms with E-state index in [-0.39, 0.29) is 16.8 Å². The summed E-state index contributed by atoms with van der Waals surface area (Å²) in [5.41, 5.74) is 2.10. The van der Waals surface area contributed by atoms with Crippen molar-refractivity contribution in [2.75, 3.05) is 17.4 Å². The molecule has 0 saturated heterocycles. The van der Waals surface area contributed by atoms with Crippen LogP contribution in [0.2, 0.25) is 5.02 Å². The first-order valence-corrected chi connectivity index (χ1v) is 10.8. The molecule has 0 unspecified atom stereocenters. The maximum absolute atomic E-state index is 13.1. The van der Waals surface area contributed by atoms with E-state index >= 15 is 0 Å². The fourth-order valence-corrected chi connectivity index (χ4v) is 5.33. The second kappa shape index (κ2) is 7.52. The van der Waals surface area contributed by atoms with Crippen LogP contribution in [0, 0.1) is 0 Å². The van der Waals surface area contributed by atoms with E-state index < -0.39 is 10.0 Å². The van der Waals surface area contributed by atoms with Crippen LogP contribution in [0.5, 0.6) is 0 Å². The number of benzene rings is 2. The minimum Gasteiger partial charge on any atom is -0.339 e. The third-order valence-corrected chi connectivity index (χ3v) is 7.09. The molecule has 0 bridgehead atoms. The number of sulfonamides is 1. The van der Waals surface area contributed by atoms with E-state index in [1.54, 1.807) is 29.2 Å². The summed E-state index contributed by atoms with van der Waals surface area (Å²) in [6.45, 7) is 7.04. The first kappa shape index (κ1) is 19.7. The number of carbonyl (C=O) groups is 1. The van der Waals surface area contributed by atoms with Crippen molar-refractivity contribution in [1.29, 1.82) is 0 Å². The van der Waals surface area contributed by atoms with Crippen LogP contribution in [0.4, 0.5) is 5.69 Å². The molecule has 7 heteroatoms. The number of fused-ring (bicyclic) bond motifs is 1. The third kappa shape index (κ3) is 3.56. The van der Waals surface area contributed by atoms with Crippen LogP contribution in [0.1, 0.15) is 36.7 Å². The van der Waals surface area contributed by atoms with Gasteiger partial charge < -0.3 is 4.90 Å². The lowest BCUT2D eigenvalue weighted by atomic mass is 10.1. The third-order valence-electron chi connectivity index (χ3n) is 4.90. The van der Waals surface area contributed by atoms with Gasteiger partial charge in [0.05, 0.1) is 10.6 Å². The van der Waals surface area contributed by atoms with Crippen LogP contribution in [0.25, 0.3) is 0 Å². The maximum atomic E-state index is 13.1. The molecule has 2 aromatic carbocycles. The zero-order chi connectivity index (χ0) is 19.8. The Hall–Kier alpha value is -2.05. The summed E-state index contributed by atoms with van der Waals surface area (Å²) < 4.78 is 27.7. The molecule has 0 aliphatic carbocycles. The maximum Gasteiger partial charge on any atom is 0.264 e. The molecule has 5 nitrogen and oxygen atoms in total. The Morgan fingerprint density at radius 2 is 1.78 bits per heavy atom. The van der Waals surface area contributed by atoms with Crippen LogP contribution >= 0.6 is 11.6 Å². The summed E-state index contributed by atoms with van der Waals surface area (Å²) in [4.78, 5) is 14.6. The standard InChI is InChI=1S/C20H23ClN2O3S/c1-4-22(5-2)20(24)15-6-11-19-16(13-15)12-14(3)23(19)27(25,26)18-9-7-17(21)8-10-18/h6-11,13-14H,4-5,12H2,1-3H3/t14-/m0/s1. The predicted octanol–water partition coefficient (Wildman–Crippen LogP) is 3.96.